The molecule has 0 radical (unpaired) electrons. The molecule has 2 aliphatic rings. The third kappa shape index (κ3) is 4.72. The number of amides is 2. The minimum absolute atomic E-state index is 0.0347. The van der Waals surface area contributed by atoms with Crippen molar-refractivity contribution >= 4 is 29.3 Å². The van der Waals surface area contributed by atoms with Crippen molar-refractivity contribution in [1.29, 1.82) is 0 Å². The van der Waals surface area contributed by atoms with Gasteiger partial charge in [-0.1, -0.05) is 13.0 Å². The fourth-order valence-electron chi connectivity index (χ4n) is 3.71. The van der Waals surface area contributed by atoms with Crippen LogP contribution in [0.4, 0.5) is 5.69 Å². The van der Waals surface area contributed by atoms with Gasteiger partial charge in [0.05, 0.1) is 15.8 Å². The Hall–Kier alpha value is -2.13. The van der Waals surface area contributed by atoms with Gasteiger partial charge in [0.2, 0.25) is 5.91 Å². The first kappa shape index (κ1) is 21.6. The number of likely N-dealkylation sites (tertiary alicyclic amines) is 1. The summed E-state index contributed by atoms with van der Waals surface area (Å²) in [6.45, 7) is 6.81. The van der Waals surface area contributed by atoms with Crippen molar-refractivity contribution in [3.63, 3.8) is 0 Å². The molecule has 2 saturated heterocycles. The molecule has 2 aliphatic heterocycles. The fourth-order valence-corrected chi connectivity index (χ4v) is 5.13. The van der Waals surface area contributed by atoms with E-state index in [0.717, 1.165) is 25.0 Å². The number of thioether (sulfide) groups is 1. The average Bonchev–Trinajstić information content (AvgIpc) is 3.12. The van der Waals surface area contributed by atoms with Crippen LogP contribution >= 0.6 is 11.8 Å². The number of nitrogens with one attached hydrogen (secondary N) is 2. The first-order valence-electron chi connectivity index (χ1n) is 10.0. The lowest BCUT2D eigenvalue weighted by Crippen LogP contribution is -2.55. The molecule has 0 aliphatic carbocycles. The zero-order chi connectivity index (χ0) is 21.2. The van der Waals surface area contributed by atoms with E-state index in [-0.39, 0.29) is 34.5 Å². The number of hydrogen-bond donors (Lipinski definition) is 2. The van der Waals surface area contributed by atoms with Crippen LogP contribution in [0.25, 0.3) is 0 Å². The van der Waals surface area contributed by atoms with Crippen molar-refractivity contribution < 1.29 is 14.5 Å². The van der Waals surface area contributed by atoms with Crippen LogP contribution in [-0.4, -0.2) is 57.4 Å². The van der Waals surface area contributed by atoms with Gasteiger partial charge in [-0.15, -0.1) is 11.8 Å². The molecule has 2 fully saturated rings. The van der Waals surface area contributed by atoms with E-state index in [2.05, 4.69) is 10.6 Å². The minimum atomic E-state index is -0.457. The van der Waals surface area contributed by atoms with E-state index in [1.54, 1.807) is 35.7 Å². The molecular weight excluding hydrogens is 392 g/mol. The first-order valence-corrected chi connectivity index (χ1v) is 11.0. The molecule has 29 heavy (non-hydrogen) atoms. The lowest BCUT2D eigenvalue weighted by molar-refractivity contribution is -0.385. The van der Waals surface area contributed by atoms with Crippen LogP contribution in [0.1, 0.15) is 49.0 Å². The maximum atomic E-state index is 12.8. The summed E-state index contributed by atoms with van der Waals surface area (Å²) in [5.74, 6) is 0.576. The van der Waals surface area contributed by atoms with E-state index in [0.29, 0.717) is 24.2 Å². The molecule has 3 rings (SSSR count). The second-order valence-electron chi connectivity index (χ2n) is 7.87. The predicted octanol–water partition coefficient (Wildman–Crippen LogP) is 2.46. The number of rotatable bonds is 5. The smallest absolute Gasteiger partial charge is 0.273 e. The maximum absolute atomic E-state index is 12.8. The van der Waals surface area contributed by atoms with Crippen LogP contribution in [0.5, 0.6) is 0 Å². The topological polar surface area (TPSA) is 105 Å². The summed E-state index contributed by atoms with van der Waals surface area (Å²) in [6.07, 6.45) is 2.37. The molecule has 1 spiro atoms. The predicted molar refractivity (Wildman–Crippen MR) is 113 cm³/mol. The number of aryl methyl sites for hydroxylation is 1. The molecule has 2 amide bonds. The summed E-state index contributed by atoms with van der Waals surface area (Å²) in [7, 11) is 0. The standard InChI is InChI=1S/C20H28N4O4S/c1-4-14(3)21-18(25)16-12-29-20(22-16)7-9-23(10-8-20)19(26)15-6-5-13(2)17(11-15)24(27)28/h5-6,11,14,16,22H,4,7-10,12H2,1-3H3,(H,21,25)/t14-,16-/m1/s1. The molecule has 0 bridgehead atoms. The summed E-state index contributed by atoms with van der Waals surface area (Å²) in [4.78, 5) is 37.5. The number of nitro groups is 1. The van der Waals surface area contributed by atoms with Gasteiger partial charge in [0, 0.05) is 42.1 Å². The molecule has 0 saturated carbocycles. The van der Waals surface area contributed by atoms with Gasteiger partial charge in [-0.3, -0.25) is 25.0 Å². The highest BCUT2D eigenvalue weighted by atomic mass is 32.2. The molecule has 2 heterocycles. The quantitative estimate of drug-likeness (QED) is 0.560. The number of hydrogen-bond acceptors (Lipinski definition) is 6. The molecule has 8 nitrogen and oxygen atoms in total. The average molecular weight is 421 g/mol. The van der Waals surface area contributed by atoms with Crippen molar-refractivity contribution in [2.24, 2.45) is 0 Å². The van der Waals surface area contributed by atoms with Crippen LogP contribution in [0.3, 0.4) is 0 Å². The molecule has 1 aromatic carbocycles. The second-order valence-corrected chi connectivity index (χ2v) is 9.27. The zero-order valence-corrected chi connectivity index (χ0v) is 17.9. The van der Waals surface area contributed by atoms with Gasteiger partial charge >= 0.3 is 0 Å². The molecule has 158 valence electrons. The summed E-state index contributed by atoms with van der Waals surface area (Å²) >= 11 is 1.76. The van der Waals surface area contributed by atoms with E-state index in [1.165, 1.54) is 6.07 Å². The Morgan fingerprint density at radius 1 is 1.41 bits per heavy atom. The minimum Gasteiger partial charge on any atom is -0.352 e. The molecule has 1 aromatic rings. The van der Waals surface area contributed by atoms with Crippen molar-refractivity contribution in [3.8, 4) is 0 Å². The molecule has 0 unspecified atom stereocenters. The van der Waals surface area contributed by atoms with E-state index in [1.807, 2.05) is 13.8 Å². The van der Waals surface area contributed by atoms with Crippen molar-refractivity contribution in [2.75, 3.05) is 18.8 Å². The van der Waals surface area contributed by atoms with Gasteiger partial charge in [-0.25, -0.2) is 0 Å². The lowest BCUT2D eigenvalue weighted by Gasteiger charge is -2.39. The first-order chi connectivity index (χ1) is 13.7. The van der Waals surface area contributed by atoms with Crippen LogP contribution in [-0.2, 0) is 4.79 Å². The summed E-state index contributed by atoms with van der Waals surface area (Å²) in [6, 6.07) is 4.57. The number of carbonyl (C=O) groups excluding carboxylic acids is 2. The zero-order valence-electron chi connectivity index (χ0n) is 17.1. The van der Waals surface area contributed by atoms with Crippen LogP contribution in [0, 0.1) is 17.0 Å². The summed E-state index contributed by atoms with van der Waals surface area (Å²) in [5.41, 5.74) is 0.848. The molecular formula is C20H28N4O4S. The third-order valence-corrected chi connectivity index (χ3v) is 7.37. The third-order valence-electron chi connectivity index (χ3n) is 5.79. The molecule has 2 N–H and O–H groups in total. The lowest BCUT2D eigenvalue weighted by atomic mass is 10.0. The number of nitro benzene ring substituents is 1. The second kappa shape index (κ2) is 8.71. The monoisotopic (exact) mass is 420 g/mol. The van der Waals surface area contributed by atoms with Crippen LogP contribution in [0.15, 0.2) is 18.2 Å². The van der Waals surface area contributed by atoms with E-state index in [4.69, 9.17) is 0 Å². The van der Waals surface area contributed by atoms with Crippen LogP contribution < -0.4 is 10.6 Å². The Labute approximate surface area is 174 Å². The summed E-state index contributed by atoms with van der Waals surface area (Å²) in [5, 5.41) is 17.7. The Morgan fingerprint density at radius 3 is 2.72 bits per heavy atom. The molecule has 0 aromatic heterocycles. The number of benzene rings is 1. The highest BCUT2D eigenvalue weighted by Crippen LogP contribution is 2.39. The highest BCUT2D eigenvalue weighted by Gasteiger charge is 2.44. The largest absolute Gasteiger partial charge is 0.352 e. The number of carbonyl (C=O) groups is 2. The van der Waals surface area contributed by atoms with Gasteiger partial charge in [-0.2, -0.15) is 0 Å². The van der Waals surface area contributed by atoms with Gasteiger partial charge in [-0.05, 0) is 39.2 Å². The number of piperidine rings is 1. The Morgan fingerprint density at radius 2 is 2.10 bits per heavy atom. The molecule has 2 atom stereocenters. The van der Waals surface area contributed by atoms with Crippen molar-refractivity contribution in [2.45, 2.75) is 57.0 Å². The Balaban J connectivity index is 1.59. The van der Waals surface area contributed by atoms with E-state index >= 15 is 0 Å². The number of nitrogens with zero attached hydrogens (tertiary/aromatic N) is 2. The van der Waals surface area contributed by atoms with Gasteiger partial charge < -0.3 is 10.2 Å². The van der Waals surface area contributed by atoms with E-state index in [9.17, 15) is 19.7 Å². The Kier molecular flexibility index (Phi) is 6.48. The normalized spacial score (nSPS) is 21.8. The molecule has 9 heteroatoms. The van der Waals surface area contributed by atoms with Gasteiger partial charge in [0.1, 0.15) is 0 Å². The Bertz CT molecular complexity index is 808. The van der Waals surface area contributed by atoms with Crippen molar-refractivity contribution in [1.82, 2.24) is 15.5 Å². The highest BCUT2D eigenvalue weighted by molar-refractivity contribution is 8.01. The summed E-state index contributed by atoms with van der Waals surface area (Å²) < 4.78 is 0. The van der Waals surface area contributed by atoms with Crippen molar-refractivity contribution in [3.05, 3.63) is 39.4 Å². The van der Waals surface area contributed by atoms with Gasteiger partial charge in [0.15, 0.2) is 0 Å². The van der Waals surface area contributed by atoms with E-state index < -0.39 is 4.92 Å². The van der Waals surface area contributed by atoms with Crippen LogP contribution in [0.2, 0.25) is 0 Å². The maximum Gasteiger partial charge on any atom is 0.273 e. The fraction of sp³-hybridized carbons (Fsp3) is 0.600. The SMILES string of the molecule is CC[C@@H](C)NC(=O)[C@H]1CSC2(CCN(C(=O)c3ccc(C)c([N+](=O)[O-])c3)CC2)N1. The van der Waals surface area contributed by atoms with Gasteiger partial charge in [0.25, 0.3) is 11.6 Å².